The topological polar surface area (TPSA) is 128 Å². The molecule has 1 aromatic heterocycles. The Kier molecular flexibility index (Phi) is 7.79. The summed E-state index contributed by atoms with van der Waals surface area (Å²) in [5.41, 5.74) is -0.308. The van der Waals surface area contributed by atoms with Crippen molar-refractivity contribution in [1.29, 1.82) is 5.26 Å². The van der Waals surface area contributed by atoms with Crippen LogP contribution in [0.2, 0.25) is 5.02 Å². The fourth-order valence-corrected chi connectivity index (χ4v) is 4.09. The van der Waals surface area contributed by atoms with Gasteiger partial charge in [0.1, 0.15) is 11.6 Å². The molecule has 2 aromatic carbocycles. The molecule has 0 fully saturated rings. The number of carbonyl (C=O) groups excluding carboxylic acids is 2. The second kappa shape index (κ2) is 10.5. The van der Waals surface area contributed by atoms with E-state index in [9.17, 15) is 24.8 Å². The number of aromatic hydroxyl groups is 1. The van der Waals surface area contributed by atoms with Crippen LogP contribution < -0.4 is 5.56 Å². The van der Waals surface area contributed by atoms with Crippen LogP contribution in [0.15, 0.2) is 57.5 Å². The number of nitriles is 1. The van der Waals surface area contributed by atoms with Crippen LogP contribution in [0.4, 0.5) is 11.4 Å². The molecule has 1 aliphatic rings. The van der Waals surface area contributed by atoms with E-state index in [1.807, 2.05) is 19.9 Å². The Balaban J connectivity index is 0.00000361. The number of amides is 2. The predicted molar refractivity (Wildman–Crippen MR) is 129 cm³/mol. The third-order valence-corrected chi connectivity index (χ3v) is 5.77. The van der Waals surface area contributed by atoms with E-state index < -0.39 is 23.3 Å². The first-order chi connectivity index (χ1) is 16.6. The number of halogens is 1. The molecule has 0 bridgehead atoms. The van der Waals surface area contributed by atoms with Crippen molar-refractivity contribution in [3.8, 4) is 17.6 Å². The molecule has 11 heteroatoms. The van der Waals surface area contributed by atoms with Gasteiger partial charge in [-0.1, -0.05) is 37.6 Å². The number of azo groups is 1. The van der Waals surface area contributed by atoms with E-state index >= 15 is 0 Å². The molecule has 4 rings (SSSR count). The third-order valence-electron chi connectivity index (χ3n) is 5.53. The first-order valence-electron chi connectivity index (χ1n) is 10.7. The van der Waals surface area contributed by atoms with Crippen molar-refractivity contribution in [2.75, 3.05) is 6.54 Å². The average Bonchev–Trinajstić information content (AvgIpc) is 3.04. The Morgan fingerprint density at radius 2 is 1.78 bits per heavy atom. The van der Waals surface area contributed by atoms with Gasteiger partial charge in [0.25, 0.3) is 17.4 Å². The van der Waals surface area contributed by atoms with Gasteiger partial charge in [-0.2, -0.15) is 5.26 Å². The summed E-state index contributed by atoms with van der Waals surface area (Å²) in [6, 6.07) is 12.7. The van der Waals surface area contributed by atoms with Crippen molar-refractivity contribution in [3.63, 3.8) is 0 Å². The zero-order valence-electron chi connectivity index (χ0n) is 19.4. The van der Waals surface area contributed by atoms with E-state index in [-0.39, 0.29) is 68.6 Å². The first kappa shape index (κ1) is 26.8. The Morgan fingerprint density at radius 1 is 1.08 bits per heavy atom. The van der Waals surface area contributed by atoms with E-state index in [1.54, 1.807) is 30.3 Å². The van der Waals surface area contributed by atoms with Gasteiger partial charge in [0.2, 0.25) is 5.88 Å². The summed E-state index contributed by atoms with van der Waals surface area (Å²) in [7, 11) is 0. The quantitative estimate of drug-likeness (QED) is 0.353. The summed E-state index contributed by atoms with van der Waals surface area (Å²) < 4.78 is 0.917. The van der Waals surface area contributed by atoms with E-state index in [0.29, 0.717) is 5.02 Å². The molecule has 0 atom stereocenters. The van der Waals surface area contributed by atoms with Crippen LogP contribution in [0.3, 0.4) is 0 Å². The SMILES string of the molecule is Cc1c(C#N)c(O)n(-c2cccc(Cl)c2)c(=O)c1N=Nc1cccc2c1C(=O)N(CC(C)C)C2=O.[Co+2]. The van der Waals surface area contributed by atoms with Crippen molar-refractivity contribution in [2.24, 2.45) is 16.1 Å². The Labute approximate surface area is 221 Å². The number of aromatic nitrogens is 1. The minimum Gasteiger partial charge on any atom is -0.493 e. The molecule has 0 saturated heterocycles. The third kappa shape index (κ3) is 4.56. The predicted octanol–water partition coefficient (Wildman–Crippen LogP) is 5.04. The normalized spacial score (nSPS) is 12.7. The van der Waals surface area contributed by atoms with Crippen LogP contribution in [0.25, 0.3) is 5.69 Å². The molecular formula is C25H20ClCoN5O4+2. The van der Waals surface area contributed by atoms with Crippen LogP contribution in [0.5, 0.6) is 5.88 Å². The largest absolute Gasteiger partial charge is 2.00 e. The van der Waals surface area contributed by atoms with E-state index in [0.717, 1.165) is 4.57 Å². The number of carbonyl (C=O) groups is 2. The fourth-order valence-electron chi connectivity index (χ4n) is 3.90. The zero-order chi connectivity index (χ0) is 25.4. The van der Waals surface area contributed by atoms with Crippen LogP contribution in [-0.2, 0) is 16.8 Å². The first-order valence-corrected chi connectivity index (χ1v) is 11.1. The molecule has 0 spiro atoms. The van der Waals surface area contributed by atoms with Gasteiger partial charge in [0, 0.05) is 17.1 Å². The van der Waals surface area contributed by atoms with E-state index in [2.05, 4.69) is 10.2 Å². The Morgan fingerprint density at radius 3 is 2.42 bits per heavy atom. The molecule has 1 aliphatic heterocycles. The monoisotopic (exact) mass is 548 g/mol. The number of pyridine rings is 1. The number of benzene rings is 2. The maximum atomic E-state index is 13.3. The number of nitrogens with zero attached hydrogens (tertiary/aromatic N) is 5. The van der Waals surface area contributed by atoms with Crippen LogP contribution >= 0.6 is 11.6 Å². The molecule has 0 unspecified atom stereocenters. The van der Waals surface area contributed by atoms with Crippen molar-refractivity contribution in [1.82, 2.24) is 9.47 Å². The number of rotatable bonds is 5. The molecule has 1 radical (unpaired) electrons. The van der Waals surface area contributed by atoms with Gasteiger partial charge in [0.05, 0.1) is 22.5 Å². The van der Waals surface area contributed by atoms with Crippen LogP contribution in [0, 0.1) is 24.2 Å². The molecule has 2 amide bonds. The standard InChI is InChI=1S/C25H20ClN5O4.Co/c1-13(2)12-30-22(32)17-8-5-9-19(20(17)24(30)34)28-29-21-14(3)18(11-27)23(33)31(25(21)35)16-7-4-6-15(26)10-16;/h4-10,13,33H,12H2,1-3H3;/q;+2. The molecule has 9 nitrogen and oxygen atoms in total. The van der Waals surface area contributed by atoms with Crippen molar-refractivity contribution in [2.45, 2.75) is 20.8 Å². The fraction of sp³-hybridized carbons (Fsp3) is 0.200. The van der Waals surface area contributed by atoms with Crippen LogP contribution in [-0.4, -0.2) is 32.9 Å². The van der Waals surface area contributed by atoms with Gasteiger partial charge in [-0.15, -0.1) is 10.2 Å². The molecule has 0 saturated carbocycles. The smallest absolute Gasteiger partial charge is 0.493 e. The Hall–Kier alpha value is -3.78. The van der Waals surface area contributed by atoms with E-state index in [4.69, 9.17) is 11.6 Å². The average molecular weight is 549 g/mol. The summed E-state index contributed by atoms with van der Waals surface area (Å²) >= 11 is 6.04. The van der Waals surface area contributed by atoms with Crippen molar-refractivity contribution in [3.05, 3.63) is 80.1 Å². The summed E-state index contributed by atoms with van der Waals surface area (Å²) in [6.07, 6.45) is 0. The van der Waals surface area contributed by atoms with Gasteiger partial charge in [-0.05, 0) is 43.2 Å². The van der Waals surface area contributed by atoms with Gasteiger partial charge in [-0.3, -0.25) is 19.3 Å². The number of fused-ring (bicyclic) bond motifs is 1. The molecule has 36 heavy (non-hydrogen) atoms. The molecule has 2 heterocycles. The second-order valence-corrected chi connectivity index (χ2v) is 8.86. The molecule has 0 aliphatic carbocycles. The van der Waals surface area contributed by atoms with Gasteiger partial charge >= 0.3 is 16.8 Å². The summed E-state index contributed by atoms with van der Waals surface area (Å²) in [5, 5.41) is 28.8. The maximum absolute atomic E-state index is 13.3. The number of hydrogen-bond donors (Lipinski definition) is 1. The summed E-state index contributed by atoms with van der Waals surface area (Å²) in [4.78, 5) is 40.2. The number of hydrogen-bond acceptors (Lipinski definition) is 7. The van der Waals surface area contributed by atoms with Gasteiger partial charge < -0.3 is 5.11 Å². The van der Waals surface area contributed by atoms with Crippen LogP contribution in [0.1, 0.15) is 45.7 Å². The molecular weight excluding hydrogens is 529 g/mol. The second-order valence-electron chi connectivity index (χ2n) is 8.42. The molecule has 3 aromatic rings. The maximum Gasteiger partial charge on any atom is 2.00 e. The molecule has 183 valence electrons. The summed E-state index contributed by atoms with van der Waals surface area (Å²) in [5.74, 6) is -1.37. The zero-order valence-corrected chi connectivity index (χ0v) is 21.2. The Bertz CT molecular complexity index is 1520. The minimum atomic E-state index is -0.735. The van der Waals surface area contributed by atoms with Gasteiger partial charge in [0.15, 0.2) is 5.69 Å². The van der Waals surface area contributed by atoms with Crippen molar-refractivity contribution >= 4 is 34.8 Å². The minimum absolute atomic E-state index is 0. The van der Waals surface area contributed by atoms with Crippen molar-refractivity contribution < 1.29 is 31.5 Å². The van der Waals surface area contributed by atoms with Gasteiger partial charge in [-0.25, -0.2) is 4.57 Å². The van der Waals surface area contributed by atoms with E-state index in [1.165, 1.54) is 24.0 Å². The summed E-state index contributed by atoms with van der Waals surface area (Å²) in [6.45, 7) is 5.52. The molecule has 1 N–H and O–H groups in total. The number of imide groups is 1.